The zero-order valence-corrected chi connectivity index (χ0v) is 20.4. The SMILES string of the molecule is CCOC(=O)c1cccc(NC(=O)C[C@@H](c2ccc(OC)c(OC)c2)N2Cc3ccccc3C2=O)c1. The fourth-order valence-electron chi connectivity index (χ4n) is 4.32. The van der Waals surface area contributed by atoms with E-state index in [1.165, 1.54) is 7.11 Å². The van der Waals surface area contributed by atoms with E-state index < -0.39 is 12.0 Å². The van der Waals surface area contributed by atoms with Crippen molar-refractivity contribution in [3.8, 4) is 11.5 Å². The van der Waals surface area contributed by atoms with E-state index in [1.807, 2.05) is 24.3 Å². The smallest absolute Gasteiger partial charge is 0.338 e. The third-order valence-corrected chi connectivity index (χ3v) is 6.05. The number of nitrogens with one attached hydrogen (secondary N) is 1. The van der Waals surface area contributed by atoms with Crippen LogP contribution in [0.5, 0.6) is 11.5 Å². The predicted octanol–water partition coefficient (Wildman–Crippen LogP) is 4.61. The quantitative estimate of drug-likeness (QED) is 0.442. The largest absolute Gasteiger partial charge is 0.493 e. The van der Waals surface area contributed by atoms with E-state index in [2.05, 4.69) is 5.32 Å². The minimum absolute atomic E-state index is 0.00115. The monoisotopic (exact) mass is 488 g/mol. The van der Waals surface area contributed by atoms with Crippen LogP contribution in [-0.4, -0.2) is 43.5 Å². The Labute approximate surface area is 209 Å². The molecule has 0 fully saturated rings. The lowest BCUT2D eigenvalue weighted by molar-refractivity contribution is -0.117. The molecular weight excluding hydrogens is 460 g/mol. The van der Waals surface area contributed by atoms with Crippen LogP contribution in [0, 0.1) is 0 Å². The molecule has 8 nitrogen and oxygen atoms in total. The maximum atomic E-state index is 13.3. The van der Waals surface area contributed by atoms with Crippen LogP contribution in [0.15, 0.2) is 66.7 Å². The number of hydrogen-bond acceptors (Lipinski definition) is 6. The minimum atomic E-state index is -0.557. The Kier molecular flexibility index (Phi) is 7.53. The van der Waals surface area contributed by atoms with Gasteiger partial charge < -0.3 is 24.4 Å². The average Bonchev–Trinajstić information content (AvgIpc) is 3.23. The number of methoxy groups -OCH3 is 2. The molecule has 186 valence electrons. The van der Waals surface area contributed by atoms with E-state index in [-0.39, 0.29) is 24.8 Å². The lowest BCUT2D eigenvalue weighted by Crippen LogP contribution is -2.32. The maximum absolute atomic E-state index is 13.3. The number of hydrogen-bond donors (Lipinski definition) is 1. The molecule has 36 heavy (non-hydrogen) atoms. The first kappa shape index (κ1) is 24.8. The summed E-state index contributed by atoms with van der Waals surface area (Å²) in [4.78, 5) is 40.3. The first-order chi connectivity index (χ1) is 17.4. The second-order valence-corrected chi connectivity index (χ2v) is 8.27. The van der Waals surface area contributed by atoms with Gasteiger partial charge in [-0.1, -0.05) is 30.3 Å². The summed E-state index contributed by atoms with van der Waals surface area (Å²) in [5.74, 6) is 0.155. The molecule has 0 bridgehead atoms. The molecule has 2 amide bonds. The number of fused-ring (bicyclic) bond motifs is 1. The maximum Gasteiger partial charge on any atom is 0.338 e. The van der Waals surface area contributed by atoms with Crippen LogP contribution in [0.25, 0.3) is 0 Å². The molecule has 4 rings (SSSR count). The fraction of sp³-hybridized carbons (Fsp3) is 0.250. The van der Waals surface area contributed by atoms with E-state index in [1.54, 1.807) is 61.4 Å². The fourth-order valence-corrected chi connectivity index (χ4v) is 4.32. The van der Waals surface area contributed by atoms with Crippen LogP contribution in [0.4, 0.5) is 5.69 Å². The van der Waals surface area contributed by atoms with Crippen LogP contribution in [0.1, 0.15) is 51.2 Å². The van der Waals surface area contributed by atoms with Gasteiger partial charge in [-0.15, -0.1) is 0 Å². The van der Waals surface area contributed by atoms with Gasteiger partial charge in [-0.05, 0) is 54.4 Å². The van der Waals surface area contributed by atoms with E-state index in [0.717, 1.165) is 11.1 Å². The van der Waals surface area contributed by atoms with E-state index in [4.69, 9.17) is 14.2 Å². The second-order valence-electron chi connectivity index (χ2n) is 8.27. The van der Waals surface area contributed by atoms with Crippen LogP contribution in [-0.2, 0) is 16.1 Å². The zero-order chi connectivity index (χ0) is 25.7. The normalized spacial score (nSPS) is 13.1. The zero-order valence-electron chi connectivity index (χ0n) is 20.4. The molecule has 0 saturated carbocycles. The van der Waals surface area contributed by atoms with Crippen molar-refractivity contribution in [3.63, 3.8) is 0 Å². The Hall–Kier alpha value is -4.33. The number of ether oxygens (including phenoxy) is 3. The highest BCUT2D eigenvalue weighted by atomic mass is 16.5. The van der Waals surface area contributed by atoms with Gasteiger partial charge in [-0.3, -0.25) is 9.59 Å². The lowest BCUT2D eigenvalue weighted by Gasteiger charge is -2.28. The molecule has 0 unspecified atom stereocenters. The predicted molar refractivity (Wildman–Crippen MR) is 134 cm³/mol. The van der Waals surface area contributed by atoms with Crippen LogP contribution in [0.3, 0.4) is 0 Å². The number of benzene rings is 3. The lowest BCUT2D eigenvalue weighted by atomic mass is 10.0. The van der Waals surface area contributed by atoms with Crippen molar-refractivity contribution >= 4 is 23.5 Å². The van der Waals surface area contributed by atoms with Gasteiger partial charge in [0.2, 0.25) is 5.91 Å². The van der Waals surface area contributed by atoms with Gasteiger partial charge in [-0.2, -0.15) is 0 Å². The first-order valence-corrected chi connectivity index (χ1v) is 11.6. The molecule has 1 aliphatic rings. The highest BCUT2D eigenvalue weighted by Gasteiger charge is 2.35. The van der Waals surface area contributed by atoms with Crippen molar-refractivity contribution in [2.75, 3.05) is 26.1 Å². The van der Waals surface area contributed by atoms with Crippen molar-refractivity contribution in [2.45, 2.75) is 25.9 Å². The van der Waals surface area contributed by atoms with Crippen molar-refractivity contribution in [2.24, 2.45) is 0 Å². The van der Waals surface area contributed by atoms with Crippen molar-refractivity contribution in [1.82, 2.24) is 4.90 Å². The Morgan fingerprint density at radius 3 is 2.47 bits per heavy atom. The van der Waals surface area contributed by atoms with Crippen LogP contribution >= 0.6 is 0 Å². The summed E-state index contributed by atoms with van der Waals surface area (Å²) in [6.07, 6.45) is -0.00115. The summed E-state index contributed by atoms with van der Waals surface area (Å²) in [5.41, 5.74) is 3.09. The highest BCUT2D eigenvalue weighted by Crippen LogP contribution is 2.37. The number of rotatable bonds is 9. The molecule has 1 atom stereocenters. The number of carbonyl (C=O) groups is 3. The van der Waals surface area contributed by atoms with Crippen molar-refractivity contribution in [3.05, 3.63) is 89.0 Å². The van der Waals surface area contributed by atoms with E-state index in [9.17, 15) is 14.4 Å². The van der Waals surface area contributed by atoms with Crippen molar-refractivity contribution < 1.29 is 28.6 Å². The molecule has 0 spiro atoms. The summed E-state index contributed by atoms with van der Waals surface area (Å²) in [6.45, 7) is 2.38. The Morgan fingerprint density at radius 2 is 1.75 bits per heavy atom. The van der Waals surface area contributed by atoms with E-state index in [0.29, 0.717) is 34.9 Å². The molecule has 1 N–H and O–H groups in total. The number of nitrogens with zero attached hydrogens (tertiary/aromatic N) is 1. The molecule has 3 aromatic rings. The summed E-state index contributed by atoms with van der Waals surface area (Å²) >= 11 is 0. The van der Waals surface area contributed by atoms with Crippen LogP contribution in [0.2, 0.25) is 0 Å². The average molecular weight is 489 g/mol. The Morgan fingerprint density at radius 1 is 0.972 bits per heavy atom. The molecule has 0 radical (unpaired) electrons. The number of amides is 2. The molecule has 8 heteroatoms. The molecule has 0 aromatic heterocycles. The second kappa shape index (κ2) is 10.9. The number of esters is 1. The number of anilines is 1. The Balaban J connectivity index is 1.61. The van der Waals surface area contributed by atoms with Gasteiger partial charge in [0.15, 0.2) is 11.5 Å². The van der Waals surface area contributed by atoms with Gasteiger partial charge in [0, 0.05) is 17.8 Å². The molecule has 3 aromatic carbocycles. The molecule has 0 aliphatic carbocycles. The number of carbonyl (C=O) groups excluding carboxylic acids is 3. The first-order valence-electron chi connectivity index (χ1n) is 11.6. The van der Waals surface area contributed by atoms with Gasteiger partial charge in [0.1, 0.15) is 0 Å². The minimum Gasteiger partial charge on any atom is -0.493 e. The third-order valence-electron chi connectivity index (χ3n) is 6.05. The molecule has 1 heterocycles. The van der Waals surface area contributed by atoms with Gasteiger partial charge in [0.05, 0.1) is 38.9 Å². The van der Waals surface area contributed by atoms with Crippen LogP contribution < -0.4 is 14.8 Å². The van der Waals surface area contributed by atoms with Gasteiger partial charge in [0.25, 0.3) is 5.91 Å². The Bertz CT molecular complexity index is 1290. The van der Waals surface area contributed by atoms with Gasteiger partial charge >= 0.3 is 5.97 Å². The van der Waals surface area contributed by atoms with Gasteiger partial charge in [-0.25, -0.2) is 4.79 Å². The summed E-state index contributed by atoms with van der Waals surface area (Å²) < 4.78 is 15.9. The third kappa shape index (κ3) is 5.17. The van der Waals surface area contributed by atoms with E-state index >= 15 is 0 Å². The summed E-state index contributed by atoms with van der Waals surface area (Å²) in [6, 6.07) is 18.8. The molecule has 0 saturated heterocycles. The molecule has 1 aliphatic heterocycles. The summed E-state index contributed by atoms with van der Waals surface area (Å²) in [5, 5.41) is 2.85. The standard InChI is InChI=1S/C28H28N2O6/c1-4-36-28(33)19-9-7-10-21(14-19)29-26(31)16-23(18-12-13-24(34-2)25(15-18)35-3)30-17-20-8-5-6-11-22(20)27(30)32/h5-15,23H,4,16-17H2,1-3H3,(H,29,31)/t23-/m0/s1. The topological polar surface area (TPSA) is 94.2 Å². The highest BCUT2D eigenvalue weighted by molar-refractivity contribution is 5.99. The molecular formula is C28H28N2O6. The van der Waals surface area contributed by atoms with Crippen molar-refractivity contribution in [1.29, 1.82) is 0 Å². The summed E-state index contributed by atoms with van der Waals surface area (Å²) in [7, 11) is 3.09.